The van der Waals surface area contributed by atoms with E-state index in [-0.39, 0.29) is 0 Å². The fourth-order valence-electron chi connectivity index (χ4n) is 1.63. The van der Waals surface area contributed by atoms with Crippen LogP contribution in [-0.4, -0.2) is 16.8 Å². The molecular formula is C12H16N2S2. The van der Waals surface area contributed by atoms with Gasteiger partial charge in [-0.1, -0.05) is 25.2 Å². The Bertz CT molecular complexity index is 400. The molecule has 1 saturated carbocycles. The van der Waals surface area contributed by atoms with Crippen LogP contribution in [0.5, 0.6) is 0 Å². The molecule has 1 aromatic rings. The van der Waals surface area contributed by atoms with Gasteiger partial charge in [0.15, 0.2) is 0 Å². The second-order valence-corrected chi connectivity index (χ2v) is 5.64. The van der Waals surface area contributed by atoms with Crippen molar-refractivity contribution in [3.63, 3.8) is 0 Å². The van der Waals surface area contributed by atoms with Crippen LogP contribution in [-0.2, 0) is 0 Å². The van der Waals surface area contributed by atoms with Crippen LogP contribution < -0.4 is 11.1 Å². The molecule has 1 aromatic carbocycles. The van der Waals surface area contributed by atoms with Crippen LogP contribution in [0.3, 0.4) is 0 Å². The summed E-state index contributed by atoms with van der Waals surface area (Å²) in [6.07, 6.45) is 2.50. The number of thioether (sulfide) groups is 1. The quantitative estimate of drug-likeness (QED) is 0.624. The molecule has 0 amide bonds. The van der Waals surface area contributed by atoms with Gasteiger partial charge in [-0.3, -0.25) is 0 Å². The standard InChI is InChI=1S/C12H16N2S2/c1-2-16-10-5-3-4-9(11(10)12(13)15)14-8-6-7-8/h3-5,8,14H,2,6-7H2,1H3,(H2,13,15). The topological polar surface area (TPSA) is 38.0 Å². The van der Waals surface area contributed by atoms with Crippen LogP contribution in [0, 0.1) is 0 Å². The zero-order valence-corrected chi connectivity index (χ0v) is 11.0. The normalized spacial score (nSPS) is 14.8. The van der Waals surface area contributed by atoms with E-state index in [0.717, 1.165) is 17.0 Å². The first kappa shape index (κ1) is 11.7. The van der Waals surface area contributed by atoms with Crippen molar-refractivity contribution in [1.82, 2.24) is 0 Å². The molecule has 86 valence electrons. The van der Waals surface area contributed by atoms with Gasteiger partial charge in [-0.05, 0) is 30.7 Å². The van der Waals surface area contributed by atoms with Gasteiger partial charge in [0.25, 0.3) is 0 Å². The Balaban J connectivity index is 2.33. The lowest BCUT2D eigenvalue weighted by atomic mass is 10.1. The summed E-state index contributed by atoms with van der Waals surface area (Å²) in [6, 6.07) is 6.83. The lowest BCUT2D eigenvalue weighted by Crippen LogP contribution is -2.15. The van der Waals surface area contributed by atoms with Crippen molar-refractivity contribution in [2.24, 2.45) is 5.73 Å². The van der Waals surface area contributed by atoms with Gasteiger partial charge in [0.2, 0.25) is 0 Å². The van der Waals surface area contributed by atoms with Gasteiger partial charge in [-0.15, -0.1) is 11.8 Å². The SMILES string of the molecule is CCSc1cccc(NC2CC2)c1C(N)=S. The molecule has 0 aliphatic heterocycles. The van der Waals surface area contributed by atoms with Crippen LogP contribution in [0.25, 0.3) is 0 Å². The Morgan fingerprint density at radius 2 is 2.31 bits per heavy atom. The van der Waals surface area contributed by atoms with Crippen molar-refractivity contribution in [1.29, 1.82) is 0 Å². The van der Waals surface area contributed by atoms with Gasteiger partial charge < -0.3 is 11.1 Å². The summed E-state index contributed by atoms with van der Waals surface area (Å²) < 4.78 is 0. The van der Waals surface area contributed by atoms with Crippen LogP contribution in [0.4, 0.5) is 5.69 Å². The minimum absolute atomic E-state index is 0.486. The lowest BCUT2D eigenvalue weighted by molar-refractivity contribution is 1.15. The second-order valence-electron chi connectivity index (χ2n) is 3.89. The highest BCUT2D eigenvalue weighted by molar-refractivity contribution is 7.99. The zero-order valence-electron chi connectivity index (χ0n) is 9.32. The summed E-state index contributed by atoms with van der Waals surface area (Å²) in [5.41, 5.74) is 7.92. The van der Waals surface area contributed by atoms with E-state index in [1.54, 1.807) is 11.8 Å². The number of anilines is 1. The average molecular weight is 252 g/mol. The first-order valence-corrected chi connectivity index (χ1v) is 6.94. The molecule has 4 heteroatoms. The average Bonchev–Trinajstić information content (AvgIpc) is 3.02. The van der Waals surface area contributed by atoms with E-state index in [9.17, 15) is 0 Å². The second kappa shape index (κ2) is 5.06. The number of thiocarbonyl (C=S) groups is 1. The highest BCUT2D eigenvalue weighted by atomic mass is 32.2. The van der Waals surface area contributed by atoms with Crippen LogP contribution >= 0.6 is 24.0 Å². The minimum Gasteiger partial charge on any atom is -0.389 e. The summed E-state index contributed by atoms with van der Waals surface area (Å²) >= 11 is 6.93. The molecule has 1 aliphatic rings. The van der Waals surface area contributed by atoms with Gasteiger partial charge in [0.1, 0.15) is 4.99 Å². The number of nitrogens with two attached hydrogens (primary N) is 1. The Morgan fingerprint density at radius 1 is 1.56 bits per heavy atom. The molecule has 0 saturated heterocycles. The Morgan fingerprint density at radius 3 is 2.88 bits per heavy atom. The maximum absolute atomic E-state index is 5.82. The summed E-state index contributed by atoms with van der Waals surface area (Å²) in [4.78, 5) is 1.67. The molecule has 0 spiro atoms. The van der Waals surface area contributed by atoms with E-state index < -0.39 is 0 Å². The summed E-state index contributed by atoms with van der Waals surface area (Å²) in [6.45, 7) is 2.13. The van der Waals surface area contributed by atoms with Crippen molar-refractivity contribution in [2.45, 2.75) is 30.7 Å². The van der Waals surface area contributed by atoms with Gasteiger partial charge in [-0.2, -0.15) is 0 Å². The summed E-state index contributed by atoms with van der Waals surface area (Å²) in [7, 11) is 0. The van der Waals surface area contributed by atoms with Crippen molar-refractivity contribution >= 4 is 34.7 Å². The van der Waals surface area contributed by atoms with Crippen LogP contribution in [0.1, 0.15) is 25.3 Å². The third kappa shape index (κ3) is 2.68. The highest BCUT2D eigenvalue weighted by Crippen LogP contribution is 2.32. The predicted octanol–water partition coefficient (Wildman–Crippen LogP) is 3.01. The van der Waals surface area contributed by atoms with Crippen molar-refractivity contribution < 1.29 is 0 Å². The molecule has 0 heterocycles. The molecule has 3 N–H and O–H groups in total. The molecule has 1 fully saturated rings. The van der Waals surface area contributed by atoms with E-state index in [1.807, 2.05) is 0 Å². The van der Waals surface area contributed by atoms with Gasteiger partial charge >= 0.3 is 0 Å². The Hall–Kier alpha value is -0.740. The smallest absolute Gasteiger partial charge is 0.107 e. The lowest BCUT2D eigenvalue weighted by Gasteiger charge is -2.14. The van der Waals surface area contributed by atoms with E-state index >= 15 is 0 Å². The monoisotopic (exact) mass is 252 g/mol. The molecule has 0 unspecified atom stereocenters. The van der Waals surface area contributed by atoms with E-state index in [2.05, 4.69) is 30.4 Å². The Labute approximate surface area is 106 Å². The molecule has 0 aromatic heterocycles. The number of benzene rings is 1. The molecule has 16 heavy (non-hydrogen) atoms. The Kier molecular flexibility index (Phi) is 3.71. The predicted molar refractivity (Wildman–Crippen MR) is 75.4 cm³/mol. The van der Waals surface area contributed by atoms with Gasteiger partial charge in [0.05, 0.1) is 0 Å². The van der Waals surface area contributed by atoms with Crippen molar-refractivity contribution in [3.05, 3.63) is 23.8 Å². The number of nitrogens with one attached hydrogen (secondary N) is 1. The summed E-state index contributed by atoms with van der Waals surface area (Å²) in [5, 5.41) is 3.48. The fourth-order valence-corrected chi connectivity index (χ4v) is 2.76. The highest BCUT2D eigenvalue weighted by Gasteiger charge is 2.23. The molecule has 2 nitrogen and oxygen atoms in total. The van der Waals surface area contributed by atoms with E-state index in [4.69, 9.17) is 18.0 Å². The van der Waals surface area contributed by atoms with Crippen molar-refractivity contribution in [3.8, 4) is 0 Å². The number of rotatable bonds is 5. The van der Waals surface area contributed by atoms with Gasteiger partial charge in [0, 0.05) is 22.2 Å². The first-order valence-electron chi connectivity index (χ1n) is 5.54. The number of hydrogen-bond donors (Lipinski definition) is 2. The third-order valence-electron chi connectivity index (χ3n) is 2.51. The summed E-state index contributed by atoms with van der Waals surface area (Å²) in [5.74, 6) is 1.03. The molecule has 0 radical (unpaired) electrons. The maximum Gasteiger partial charge on any atom is 0.107 e. The molecular weight excluding hydrogens is 236 g/mol. The van der Waals surface area contributed by atoms with Crippen molar-refractivity contribution in [2.75, 3.05) is 11.1 Å². The number of hydrogen-bond acceptors (Lipinski definition) is 3. The largest absolute Gasteiger partial charge is 0.389 e. The van der Waals surface area contributed by atoms with Crippen LogP contribution in [0.15, 0.2) is 23.1 Å². The van der Waals surface area contributed by atoms with E-state index in [0.29, 0.717) is 11.0 Å². The maximum atomic E-state index is 5.82. The molecule has 2 rings (SSSR count). The molecule has 0 atom stereocenters. The third-order valence-corrected chi connectivity index (χ3v) is 3.65. The fraction of sp³-hybridized carbons (Fsp3) is 0.417. The minimum atomic E-state index is 0.486. The van der Waals surface area contributed by atoms with Gasteiger partial charge in [-0.25, -0.2) is 0 Å². The van der Waals surface area contributed by atoms with Crippen LogP contribution in [0.2, 0.25) is 0 Å². The van der Waals surface area contributed by atoms with E-state index in [1.165, 1.54) is 17.7 Å². The first-order chi connectivity index (χ1) is 7.72. The molecule has 0 bridgehead atoms. The molecule has 1 aliphatic carbocycles. The zero-order chi connectivity index (χ0) is 11.5.